The number of alkyl halides is 3. The largest absolute Gasteiger partial charge is 0.481 e. The van der Waals surface area contributed by atoms with Gasteiger partial charge in [0.1, 0.15) is 0 Å². The van der Waals surface area contributed by atoms with Crippen molar-refractivity contribution in [2.45, 2.75) is 44.7 Å². The summed E-state index contributed by atoms with van der Waals surface area (Å²) < 4.78 is 41.0. The van der Waals surface area contributed by atoms with Crippen LogP contribution in [0.2, 0.25) is 0 Å². The molecule has 0 saturated carbocycles. The van der Waals surface area contributed by atoms with Crippen LogP contribution in [0.15, 0.2) is 79.0 Å². The molecule has 176 valence electrons. The number of aliphatic carboxylic acids is 1. The van der Waals surface area contributed by atoms with Crippen LogP contribution in [0.25, 0.3) is 16.6 Å². The standard InChI is InChI=1S/C28H26F3NO2/c1-2-20(17-27(33)34)21-10-15-26-25(16-21)22(9-8-19-6-4-3-5-7-19)18-32(26)24-13-11-23(12-14-24)28(29,30)31/h3-7,10-16,18,20H,2,8-9,17H2,1H3,(H,33,34). The van der Waals surface area contributed by atoms with Crippen LogP contribution in [-0.4, -0.2) is 15.6 Å². The number of halogens is 3. The second-order valence-corrected chi connectivity index (χ2v) is 8.53. The molecule has 0 aliphatic rings. The maximum atomic E-state index is 13.0. The van der Waals surface area contributed by atoms with E-state index in [-0.39, 0.29) is 12.3 Å². The van der Waals surface area contributed by atoms with Crippen LogP contribution < -0.4 is 0 Å². The molecule has 0 radical (unpaired) electrons. The fraction of sp³-hybridized carbons (Fsp3) is 0.250. The number of hydrogen-bond donors (Lipinski definition) is 1. The number of fused-ring (bicyclic) bond motifs is 1. The van der Waals surface area contributed by atoms with Crippen molar-refractivity contribution in [3.05, 3.63) is 101 Å². The van der Waals surface area contributed by atoms with E-state index < -0.39 is 17.7 Å². The zero-order valence-electron chi connectivity index (χ0n) is 18.8. The highest BCUT2D eigenvalue weighted by molar-refractivity contribution is 5.86. The van der Waals surface area contributed by atoms with Crippen LogP contribution in [0, 0.1) is 0 Å². The molecule has 1 heterocycles. The molecule has 0 spiro atoms. The van der Waals surface area contributed by atoms with Gasteiger partial charge in [0.05, 0.1) is 17.5 Å². The maximum absolute atomic E-state index is 13.0. The van der Waals surface area contributed by atoms with E-state index in [0.29, 0.717) is 12.1 Å². The second-order valence-electron chi connectivity index (χ2n) is 8.53. The monoisotopic (exact) mass is 465 g/mol. The third-order valence-electron chi connectivity index (χ3n) is 6.29. The molecule has 6 heteroatoms. The van der Waals surface area contributed by atoms with Crippen molar-refractivity contribution in [1.29, 1.82) is 0 Å². The molecule has 4 aromatic rings. The number of aromatic nitrogens is 1. The lowest BCUT2D eigenvalue weighted by molar-refractivity contribution is -0.138. The average Bonchev–Trinajstić information content (AvgIpc) is 3.19. The molecule has 1 unspecified atom stereocenters. The van der Waals surface area contributed by atoms with E-state index in [1.165, 1.54) is 17.7 Å². The first kappa shape index (κ1) is 23.6. The minimum absolute atomic E-state index is 0.0565. The van der Waals surface area contributed by atoms with E-state index in [2.05, 4.69) is 12.1 Å². The molecule has 0 amide bonds. The molecule has 0 aliphatic heterocycles. The number of aryl methyl sites for hydroxylation is 2. The van der Waals surface area contributed by atoms with Gasteiger partial charge in [-0.05, 0) is 78.3 Å². The Balaban J connectivity index is 1.77. The predicted octanol–water partition coefficient (Wildman–Crippen LogP) is 7.40. The Bertz CT molecular complexity index is 1280. The summed E-state index contributed by atoms with van der Waals surface area (Å²) in [7, 11) is 0. The van der Waals surface area contributed by atoms with Gasteiger partial charge in [0, 0.05) is 17.3 Å². The topological polar surface area (TPSA) is 42.2 Å². The molecule has 1 atom stereocenters. The minimum Gasteiger partial charge on any atom is -0.481 e. The highest BCUT2D eigenvalue weighted by Crippen LogP contribution is 2.33. The number of nitrogens with zero attached hydrogens (tertiary/aromatic N) is 1. The molecule has 0 saturated heterocycles. The summed E-state index contributed by atoms with van der Waals surface area (Å²) in [6.07, 6.45) is -0.0565. The van der Waals surface area contributed by atoms with E-state index in [9.17, 15) is 23.1 Å². The number of carboxylic acids is 1. The Morgan fingerprint density at radius 2 is 1.68 bits per heavy atom. The van der Waals surface area contributed by atoms with E-state index in [1.54, 1.807) is 0 Å². The first-order valence-corrected chi connectivity index (χ1v) is 11.3. The molecule has 4 rings (SSSR count). The van der Waals surface area contributed by atoms with Gasteiger partial charge in [-0.15, -0.1) is 0 Å². The normalized spacial score (nSPS) is 12.7. The summed E-state index contributed by atoms with van der Waals surface area (Å²) in [5, 5.41) is 10.3. The van der Waals surface area contributed by atoms with Gasteiger partial charge in [-0.1, -0.05) is 43.3 Å². The van der Waals surface area contributed by atoms with Crippen LogP contribution in [-0.2, 0) is 23.8 Å². The van der Waals surface area contributed by atoms with Gasteiger partial charge >= 0.3 is 12.1 Å². The molecule has 0 aliphatic carbocycles. The Hall–Kier alpha value is -3.54. The van der Waals surface area contributed by atoms with Gasteiger partial charge in [0.2, 0.25) is 0 Å². The summed E-state index contributed by atoms with van der Waals surface area (Å²) in [6.45, 7) is 1.97. The summed E-state index contributed by atoms with van der Waals surface area (Å²) in [6, 6.07) is 21.2. The lowest BCUT2D eigenvalue weighted by Gasteiger charge is -2.14. The number of rotatable bonds is 8. The molecule has 0 fully saturated rings. The molecule has 0 bridgehead atoms. The quantitative estimate of drug-likeness (QED) is 0.295. The summed E-state index contributed by atoms with van der Waals surface area (Å²) in [5.41, 5.74) is 4.09. The Kier molecular flexibility index (Phi) is 6.77. The molecule has 1 N–H and O–H groups in total. The van der Waals surface area contributed by atoms with Gasteiger partial charge < -0.3 is 9.67 Å². The number of carbonyl (C=O) groups is 1. The van der Waals surface area contributed by atoms with E-state index in [4.69, 9.17) is 0 Å². The third kappa shape index (κ3) is 5.16. The molecular weight excluding hydrogens is 439 g/mol. The highest BCUT2D eigenvalue weighted by Gasteiger charge is 2.30. The van der Waals surface area contributed by atoms with Crippen molar-refractivity contribution < 1.29 is 23.1 Å². The zero-order chi connectivity index (χ0) is 24.3. The summed E-state index contributed by atoms with van der Waals surface area (Å²) in [4.78, 5) is 11.3. The number of carboxylic acid groups (broad SMARTS) is 1. The Morgan fingerprint density at radius 3 is 2.29 bits per heavy atom. The first-order chi connectivity index (χ1) is 16.3. The van der Waals surface area contributed by atoms with Crippen molar-refractivity contribution >= 4 is 16.9 Å². The van der Waals surface area contributed by atoms with Gasteiger partial charge in [-0.2, -0.15) is 13.2 Å². The Labute approximate surface area is 196 Å². The summed E-state index contributed by atoms with van der Waals surface area (Å²) in [5.74, 6) is -0.933. The molecule has 34 heavy (non-hydrogen) atoms. The molecule has 1 aromatic heterocycles. The zero-order valence-corrected chi connectivity index (χ0v) is 18.8. The third-order valence-corrected chi connectivity index (χ3v) is 6.29. The highest BCUT2D eigenvalue weighted by atomic mass is 19.4. The van der Waals surface area contributed by atoms with Crippen molar-refractivity contribution in [3.8, 4) is 5.69 Å². The second kappa shape index (κ2) is 9.75. The number of benzene rings is 3. The van der Waals surface area contributed by atoms with Crippen LogP contribution in [0.5, 0.6) is 0 Å². The molecule has 3 nitrogen and oxygen atoms in total. The van der Waals surface area contributed by atoms with Crippen LogP contribution in [0.1, 0.15) is 47.9 Å². The van der Waals surface area contributed by atoms with Crippen LogP contribution >= 0.6 is 0 Å². The fourth-order valence-electron chi connectivity index (χ4n) is 4.43. The van der Waals surface area contributed by atoms with Crippen LogP contribution in [0.4, 0.5) is 13.2 Å². The first-order valence-electron chi connectivity index (χ1n) is 11.3. The van der Waals surface area contributed by atoms with Crippen molar-refractivity contribution in [3.63, 3.8) is 0 Å². The van der Waals surface area contributed by atoms with Gasteiger partial charge in [0.15, 0.2) is 0 Å². The minimum atomic E-state index is -4.38. The maximum Gasteiger partial charge on any atom is 0.416 e. The summed E-state index contributed by atoms with van der Waals surface area (Å²) >= 11 is 0. The molecule has 3 aromatic carbocycles. The van der Waals surface area contributed by atoms with Crippen molar-refractivity contribution in [2.24, 2.45) is 0 Å². The smallest absolute Gasteiger partial charge is 0.416 e. The average molecular weight is 466 g/mol. The van der Waals surface area contributed by atoms with Gasteiger partial charge in [-0.25, -0.2) is 0 Å². The van der Waals surface area contributed by atoms with E-state index >= 15 is 0 Å². The Morgan fingerprint density at radius 1 is 0.971 bits per heavy atom. The van der Waals surface area contributed by atoms with Crippen molar-refractivity contribution in [2.75, 3.05) is 0 Å². The van der Waals surface area contributed by atoms with Crippen molar-refractivity contribution in [1.82, 2.24) is 4.57 Å². The van der Waals surface area contributed by atoms with Gasteiger partial charge in [-0.3, -0.25) is 4.79 Å². The number of hydrogen-bond acceptors (Lipinski definition) is 1. The lowest BCUT2D eigenvalue weighted by atomic mass is 9.91. The van der Waals surface area contributed by atoms with Gasteiger partial charge in [0.25, 0.3) is 0 Å². The molecular formula is C28H26F3NO2. The predicted molar refractivity (Wildman–Crippen MR) is 127 cm³/mol. The lowest BCUT2D eigenvalue weighted by Crippen LogP contribution is -2.05. The SMILES string of the molecule is CCC(CC(=O)O)c1ccc2c(c1)c(CCc1ccccc1)cn2-c1ccc(C(F)(F)F)cc1. The van der Waals surface area contributed by atoms with Crippen LogP contribution in [0.3, 0.4) is 0 Å². The fourth-order valence-corrected chi connectivity index (χ4v) is 4.43. The van der Waals surface area contributed by atoms with E-state index in [0.717, 1.165) is 47.0 Å². The van der Waals surface area contributed by atoms with E-state index in [1.807, 2.05) is 54.1 Å².